The third kappa shape index (κ3) is 3.29. The van der Waals surface area contributed by atoms with Crippen LogP contribution in [0.25, 0.3) is 0 Å². The number of hydrogen-bond acceptors (Lipinski definition) is 10. The molecule has 0 aromatic carbocycles. The molecule has 3 aliphatic heterocycles. The highest BCUT2D eigenvalue weighted by atomic mass is 16.6. The Morgan fingerprint density at radius 2 is 2.17 bits per heavy atom. The highest BCUT2D eigenvalue weighted by molar-refractivity contribution is 6.02. The van der Waals surface area contributed by atoms with Crippen LogP contribution in [0.5, 0.6) is 0 Å². The molecule has 2 fully saturated rings. The Morgan fingerprint density at radius 3 is 2.90 bits per heavy atom. The van der Waals surface area contributed by atoms with Gasteiger partial charge in [0.1, 0.15) is 43.4 Å². The van der Waals surface area contributed by atoms with Gasteiger partial charge in [0.05, 0.1) is 11.6 Å². The summed E-state index contributed by atoms with van der Waals surface area (Å²) < 4.78 is 11.2. The first-order chi connectivity index (χ1) is 14.0. The third-order valence-electron chi connectivity index (χ3n) is 6.20. The lowest BCUT2D eigenvalue weighted by Gasteiger charge is -2.36. The molecule has 156 valence electrons. The van der Waals surface area contributed by atoms with Gasteiger partial charge in [-0.2, -0.15) is 10.4 Å². The standard InChI is InChI=1S/C19H25N5O5/c20-9-19(14-7-6-12-17(21)22-10-23-24(12)14)16(26)15(25)13(29-19)8-28-18(27)11-4-2-1-3-5-11/h6,10-11,13-16,25-26H,1-5,7-8H2,(H2,21,22,23)/t13-,14?,15-,16-,19+/m1/s1. The van der Waals surface area contributed by atoms with Crippen LogP contribution in [0.4, 0.5) is 0 Å². The topological polar surface area (TPSA) is 154 Å². The summed E-state index contributed by atoms with van der Waals surface area (Å²) in [7, 11) is 0. The van der Waals surface area contributed by atoms with E-state index in [1.54, 1.807) is 6.08 Å². The first kappa shape index (κ1) is 19.8. The van der Waals surface area contributed by atoms with Gasteiger partial charge in [-0.1, -0.05) is 25.3 Å². The number of nitrogens with zero attached hydrogens (tertiary/aromatic N) is 4. The molecule has 1 saturated heterocycles. The number of nitriles is 1. The fraction of sp³-hybridized carbons (Fsp3) is 0.684. The third-order valence-corrected chi connectivity index (χ3v) is 6.20. The van der Waals surface area contributed by atoms with E-state index in [-0.39, 0.29) is 24.3 Å². The van der Waals surface area contributed by atoms with E-state index < -0.39 is 30.0 Å². The van der Waals surface area contributed by atoms with Crippen molar-refractivity contribution < 1.29 is 24.5 Å². The number of esters is 1. The van der Waals surface area contributed by atoms with E-state index in [1.807, 2.05) is 6.07 Å². The molecule has 5 atom stereocenters. The van der Waals surface area contributed by atoms with Crippen molar-refractivity contribution in [3.05, 3.63) is 11.8 Å². The maximum absolute atomic E-state index is 12.3. The average Bonchev–Trinajstić information content (AvgIpc) is 3.29. The minimum Gasteiger partial charge on any atom is -0.463 e. The Bertz CT molecular complexity index is 799. The highest BCUT2D eigenvalue weighted by Gasteiger charge is 2.62. The number of amidine groups is 1. The monoisotopic (exact) mass is 403 g/mol. The summed E-state index contributed by atoms with van der Waals surface area (Å²) >= 11 is 0. The first-order valence-corrected chi connectivity index (χ1v) is 9.95. The number of ether oxygens (including phenoxy) is 2. The normalized spacial score (nSPS) is 36.9. The summed E-state index contributed by atoms with van der Waals surface area (Å²) in [5, 5.41) is 36.8. The fourth-order valence-corrected chi connectivity index (χ4v) is 4.56. The molecule has 4 rings (SSSR count). The second-order valence-electron chi connectivity index (χ2n) is 7.89. The molecule has 1 unspecified atom stereocenters. The van der Waals surface area contributed by atoms with Gasteiger partial charge in [0.15, 0.2) is 5.84 Å². The lowest BCUT2D eigenvalue weighted by Crippen LogP contribution is -2.56. The van der Waals surface area contributed by atoms with Gasteiger partial charge < -0.3 is 25.4 Å². The van der Waals surface area contributed by atoms with Gasteiger partial charge in [-0.15, -0.1) is 0 Å². The molecule has 0 spiro atoms. The Balaban J connectivity index is 1.45. The van der Waals surface area contributed by atoms with Crippen molar-refractivity contribution in [1.82, 2.24) is 5.01 Å². The van der Waals surface area contributed by atoms with Gasteiger partial charge in [0.2, 0.25) is 5.60 Å². The van der Waals surface area contributed by atoms with Crippen LogP contribution >= 0.6 is 0 Å². The van der Waals surface area contributed by atoms with E-state index in [0.29, 0.717) is 12.1 Å². The van der Waals surface area contributed by atoms with Crippen LogP contribution in [-0.4, -0.2) is 69.9 Å². The lowest BCUT2D eigenvalue weighted by atomic mass is 9.87. The zero-order chi connectivity index (χ0) is 20.6. The molecule has 3 heterocycles. The number of aliphatic imine (C=N–C) groups is 1. The first-order valence-electron chi connectivity index (χ1n) is 9.95. The quantitative estimate of drug-likeness (QED) is 0.544. The average molecular weight is 403 g/mol. The number of rotatable bonds is 4. The zero-order valence-electron chi connectivity index (χ0n) is 16.0. The number of aliphatic hydroxyl groups excluding tert-OH is 2. The van der Waals surface area contributed by atoms with Crippen LogP contribution in [-0.2, 0) is 14.3 Å². The Morgan fingerprint density at radius 1 is 1.41 bits per heavy atom. The summed E-state index contributed by atoms with van der Waals surface area (Å²) in [6.45, 7) is -0.225. The van der Waals surface area contributed by atoms with Crippen molar-refractivity contribution in [2.24, 2.45) is 21.7 Å². The predicted octanol–water partition coefficient (Wildman–Crippen LogP) is -0.235. The molecule has 10 nitrogen and oxygen atoms in total. The van der Waals surface area contributed by atoms with Crippen molar-refractivity contribution in [1.29, 1.82) is 5.26 Å². The molecule has 0 aromatic heterocycles. The fourth-order valence-electron chi connectivity index (χ4n) is 4.56. The van der Waals surface area contributed by atoms with Crippen LogP contribution in [0.1, 0.15) is 38.5 Å². The van der Waals surface area contributed by atoms with Gasteiger partial charge in [-0.3, -0.25) is 9.80 Å². The van der Waals surface area contributed by atoms with Crippen LogP contribution in [0.2, 0.25) is 0 Å². The van der Waals surface area contributed by atoms with Crippen LogP contribution in [0.3, 0.4) is 0 Å². The maximum Gasteiger partial charge on any atom is 0.309 e. The number of carbonyl (C=O) groups excluding carboxylic acids is 1. The molecular weight excluding hydrogens is 378 g/mol. The van der Waals surface area contributed by atoms with Gasteiger partial charge in [-0.05, 0) is 19.3 Å². The van der Waals surface area contributed by atoms with Crippen LogP contribution in [0, 0.1) is 17.2 Å². The molecule has 29 heavy (non-hydrogen) atoms. The van der Waals surface area contributed by atoms with E-state index in [1.165, 1.54) is 11.3 Å². The van der Waals surface area contributed by atoms with Gasteiger partial charge in [0.25, 0.3) is 0 Å². The summed E-state index contributed by atoms with van der Waals surface area (Å²) in [4.78, 5) is 16.2. The number of nitrogens with two attached hydrogens (primary N) is 1. The minimum atomic E-state index is -1.76. The van der Waals surface area contributed by atoms with E-state index in [2.05, 4.69) is 10.1 Å². The zero-order valence-corrected chi connectivity index (χ0v) is 16.0. The molecule has 0 bridgehead atoms. The molecule has 1 saturated carbocycles. The Hall–Kier alpha value is -2.48. The number of hydrogen-bond donors (Lipinski definition) is 3. The molecular formula is C19H25N5O5. The minimum absolute atomic E-state index is 0.139. The summed E-state index contributed by atoms with van der Waals surface area (Å²) in [6.07, 6.45) is 4.17. The number of hydrazone groups is 1. The smallest absolute Gasteiger partial charge is 0.309 e. The molecule has 0 amide bonds. The molecule has 4 N–H and O–H groups in total. The van der Waals surface area contributed by atoms with Crippen LogP contribution in [0.15, 0.2) is 21.9 Å². The van der Waals surface area contributed by atoms with E-state index in [9.17, 15) is 20.3 Å². The number of carbonyl (C=O) groups is 1. The molecule has 10 heteroatoms. The van der Waals surface area contributed by atoms with Crippen LogP contribution < -0.4 is 5.73 Å². The number of fused-ring (bicyclic) bond motifs is 1. The molecule has 4 aliphatic rings. The van der Waals surface area contributed by atoms with E-state index in [4.69, 9.17) is 15.2 Å². The Labute approximate surface area is 168 Å². The van der Waals surface area contributed by atoms with Crippen molar-refractivity contribution in [2.45, 2.75) is 68.5 Å². The summed E-state index contributed by atoms with van der Waals surface area (Å²) in [5.41, 5.74) is 4.64. The lowest BCUT2D eigenvalue weighted by molar-refractivity contribution is -0.157. The van der Waals surface area contributed by atoms with Crippen molar-refractivity contribution in [2.75, 3.05) is 6.61 Å². The maximum atomic E-state index is 12.3. The molecule has 0 radical (unpaired) electrons. The predicted molar refractivity (Wildman–Crippen MR) is 101 cm³/mol. The molecule has 0 aromatic rings. The second kappa shape index (κ2) is 7.74. The molecule has 1 aliphatic carbocycles. The largest absolute Gasteiger partial charge is 0.463 e. The SMILES string of the molecule is N#C[C@@]1(C2CC=C3C(N)=NC=NN32)O[C@H](COC(=O)C2CCCCC2)[C@@H](O)[C@H]1O. The number of aliphatic hydroxyl groups is 2. The Kier molecular flexibility index (Phi) is 5.29. The highest BCUT2D eigenvalue weighted by Crippen LogP contribution is 2.42. The van der Waals surface area contributed by atoms with Gasteiger partial charge in [0, 0.05) is 0 Å². The second-order valence-corrected chi connectivity index (χ2v) is 7.89. The summed E-state index contributed by atoms with van der Waals surface area (Å²) in [5.74, 6) is -0.208. The summed E-state index contributed by atoms with van der Waals surface area (Å²) in [6, 6.07) is 1.33. The van der Waals surface area contributed by atoms with Crippen molar-refractivity contribution in [3.8, 4) is 6.07 Å². The van der Waals surface area contributed by atoms with E-state index in [0.717, 1.165) is 32.1 Å². The van der Waals surface area contributed by atoms with Crippen molar-refractivity contribution >= 4 is 18.1 Å². The van der Waals surface area contributed by atoms with Crippen molar-refractivity contribution in [3.63, 3.8) is 0 Å². The van der Waals surface area contributed by atoms with Gasteiger partial charge >= 0.3 is 5.97 Å². The van der Waals surface area contributed by atoms with Gasteiger partial charge in [-0.25, -0.2) is 4.99 Å². The van der Waals surface area contributed by atoms with E-state index >= 15 is 0 Å².